The summed E-state index contributed by atoms with van der Waals surface area (Å²) in [5.41, 5.74) is 0.782. The normalized spacial score (nSPS) is 9.93. The van der Waals surface area contributed by atoms with Gasteiger partial charge in [0.15, 0.2) is 0 Å². The number of benzene rings is 1. The summed E-state index contributed by atoms with van der Waals surface area (Å²) in [6.45, 7) is 3.65. The van der Waals surface area contributed by atoms with E-state index in [1.165, 1.54) is 12.1 Å². The van der Waals surface area contributed by atoms with E-state index in [2.05, 4.69) is 0 Å². The number of rotatable bonds is 2. The van der Waals surface area contributed by atoms with Crippen molar-refractivity contribution in [1.82, 2.24) is 0 Å². The average molecular weight is 215 g/mol. The summed E-state index contributed by atoms with van der Waals surface area (Å²) in [5.74, 6) is -0.469. The third kappa shape index (κ3) is 2.17. The van der Waals surface area contributed by atoms with Gasteiger partial charge in [-0.25, -0.2) is 4.79 Å². The Balaban J connectivity index is 3.13. The molecular weight excluding hydrogens is 204 g/mol. The highest BCUT2D eigenvalue weighted by molar-refractivity contribution is 6.31. The number of ether oxygens (including phenoxy) is 1. The molecule has 0 fully saturated rings. The number of carbonyl (C=O) groups excluding carboxylic acids is 1. The molecule has 0 spiro atoms. The first-order valence-electron chi connectivity index (χ1n) is 4.22. The highest BCUT2D eigenvalue weighted by atomic mass is 35.5. The maximum absolute atomic E-state index is 11.4. The number of halogens is 1. The summed E-state index contributed by atoms with van der Waals surface area (Å²) in [7, 11) is 0. The van der Waals surface area contributed by atoms with E-state index >= 15 is 0 Å². The predicted octanol–water partition coefficient (Wildman–Crippen LogP) is 2.53. The van der Waals surface area contributed by atoms with E-state index in [1.807, 2.05) is 0 Å². The molecule has 1 aromatic carbocycles. The van der Waals surface area contributed by atoms with Gasteiger partial charge in [-0.1, -0.05) is 11.6 Å². The van der Waals surface area contributed by atoms with Crippen LogP contribution in [0.4, 0.5) is 0 Å². The van der Waals surface area contributed by atoms with E-state index in [-0.39, 0.29) is 5.75 Å². The van der Waals surface area contributed by atoms with Crippen LogP contribution in [0.5, 0.6) is 5.75 Å². The van der Waals surface area contributed by atoms with Crippen molar-refractivity contribution < 1.29 is 14.6 Å². The highest BCUT2D eigenvalue weighted by Crippen LogP contribution is 2.25. The molecule has 0 radical (unpaired) electrons. The third-order valence-electron chi connectivity index (χ3n) is 1.84. The van der Waals surface area contributed by atoms with Crippen LogP contribution in [0.2, 0.25) is 5.02 Å². The Hall–Kier alpha value is -1.22. The maximum Gasteiger partial charge on any atom is 0.338 e. The van der Waals surface area contributed by atoms with Gasteiger partial charge in [0, 0.05) is 10.6 Å². The molecule has 0 saturated heterocycles. The van der Waals surface area contributed by atoms with E-state index < -0.39 is 5.97 Å². The minimum Gasteiger partial charge on any atom is -0.508 e. The van der Waals surface area contributed by atoms with Crippen molar-refractivity contribution in [3.05, 3.63) is 28.3 Å². The van der Waals surface area contributed by atoms with Gasteiger partial charge >= 0.3 is 5.97 Å². The minimum atomic E-state index is -0.470. The smallest absolute Gasteiger partial charge is 0.338 e. The van der Waals surface area contributed by atoms with Crippen molar-refractivity contribution in [2.45, 2.75) is 13.8 Å². The Bertz CT molecular complexity index is 361. The Morgan fingerprint density at radius 1 is 1.57 bits per heavy atom. The minimum absolute atomic E-state index is 0.000512. The molecule has 1 rings (SSSR count). The topological polar surface area (TPSA) is 46.5 Å². The molecule has 0 aliphatic rings. The number of esters is 1. The van der Waals surface area contributed by atoms with Gasteiger partial charge in [-0.2, -0.15) is 0 Å². The molecule has 0 saturated carbocycles. The molecule has 76 valence electrons. The van der Waals surface area contributed by atoms with Crippen LogP contribution >= 0.6 is 11.6 Å². The van der Waals surface area contributed by atoms with E-state index in [0.717, 1.165) is 0 Å². The zero-order valence-corrected chi connectivity index (χ0v) is 8.76. The molecule has 0 aliphatic carbocycles. The molecule has 0 amide bonds. The van der Waals surface area contributed by atoms with Crippen molar-refractivity contribution in [3.63, 3.8) is 0 Å². The number of aromatic hydroxyl groups is 1. The lowest BCUT2D eigenvalue weighted by atomic mass is 10.1. The summed E-state index contributed by atoms with van der Waals surface area (Å²) >= 11 is 5.70. The Morgan fingerprint density at radius 2 is 2.21 bits per heavy atom. The van der Waals surface area contributed by atoms with Crippen LogP contribution in [0, 0.1) is 6.92 Å². The van der Waals surface area contributed by atoms with E-state index in [4.69, 9.17) is 16.3 Å². The number of hydrogen-bond acceptors (Lipinski definition) is 3. The third-order valence-corrected chi connectivity index (χ3v) is 2.06. The second kappa shape index (κ2) is 4.33. The molecule has 0 atom stereocenters. The molecule has 1 N–H and O–H groups in total. The molecular formula is C10H11ClO3. The molecule has 0 aliphatic heterocycles. The molecule has 0 aromatic heterocycles. The molecule has 4 heteroatoms. The zero-order valence-electron chi connectivity index (χ0n) is 8.00. The summed E-state index contributed by atoms with van der Waals surface area (Å²) < 4.78 is 4.81. The number of carbonyl (C=O) groups is 1. The second-order valence-corrected chi connectivity index (χ2v) is 3.25. The van der Waals surface area contributed by atoms with Crippen LogP contribution in [0.3, 0.4) is 0 Å². The first-order chi connectivity index (χ1) is 6.56. The number of phenols is 1. The molecule has 0 unspecified atom stereocenters. The van der Waals surface area contributed by atoms with E-state index in [1.54, 1.807) is 13.8 Å². The van der Waals surface area contributed by atoms with Gasteiger partial charge in [0.05, 0.1) is 12.2 Å². The Morgan fingerprint density at radius 3 is 2.79 bits per heavy atom. The summed E-state index contributed by atoms with van der Waals surface area (Å²) in [5, 5.41) is 9.72. The van der Waals surface area contributed by atoms with Gasteiger partial charge in [0.1, 0.15) is 5.75 Å². The van der Waals surface area contributed by atoms with Crippen LogP contribution in [0.25, 0.3) is 0 Å². The SMILES string of the molecule is CCOC(=O)c1cc(Cl)cc(O)c1C. The average Bonchev–Trinajstić information content (AvgIpc) is 2.11. The summed E-state index contributed by atoms with van der Waals surface area (Å²) in [4.78, 5) is 11.4. The summed E-state index contributed by atoms with van der Waals surface area (Å²) in [6, 6.07) is 2.87. The number of phenolic OH excluding ortho intramolecular Hbond substituents is 1. The van der Waals surface area contributed by atoms with Crippen LogP contribution in [0.1, 0.15) is 22.8 Å². The summed E-state index contributed by atoms with van der Waals surface area (Å²) in [6.07, 6.45) is 0. The quantitative estimate of drug-likeness (QED) is 0.770. The second-order valence-electron chi connectivity index (χ2n) is 2.82. The first kappa shape index (κ1) is 10.9. The lowest BCUT2D eigenvalue weighted by Gasteiger charge is -2.07. The molecule has 0 bridgehead atoms. The van der Waals surface area contributed by atoms with Crippen molar-refractivity contribution in [2.24, 2.45) is 0 Å². The van der Waals surface area contributed by atoms with Gasteiger partial charge in [0.2, 0.25) is 0 Å². The van der Waals surface area contributed by atoms with Gasteiger partial charge in [-0.05, 0) is 26.0 Å². The monoisotopic (exact) mass is 214 g/mol. The molecule has 1 aromatic rings. The fourth-order valence-corrected chi connectivity index (χ4v) is 1.30. The lowest BCUT2D eigenvalue weighted by molar-refractivity contribution is 0.0525. The number of hydrogen-bond donors (Lipinski definition) is 1. The van der Waals surface area contributed by atoms with Crippen molar-refractivity contribution in [2.75, 3.05) is 6.61 Å². The van der Waals surface area contributed by atoms with Crippen molar-refractivity contribution in [1.29, 1.82) is 0 Å². The fourth-order valence-electron chi connectivity index (χ4n) is 1.09. The van der Waals surface area contributed by atoms with Crippen LogP contribution < -0.4 is 0 Å². The Labute approximate surface area is 87.3 Å². The van der Waals surface area contributed by atoms with Gasteiger partial charge in [-0.15, -0.1) is 0 Å². The lowest BCUT2D eigenvalue weighted by Crippen LogP contribution is -2.06. The van der Waals surface area contributed by atoms with Gasteiger partial charge < -0.3 is 9.84 Å². The van der Waals surface area contributed by atoms with E-state index in [0.29, 0.717) is 22.8 Å². The van der Waals surface area contributed by atoms with Crippen molar-refractivity contribution in [3.8, 4) is 5.75 Å². The largest absolute Gasteiger partial charge is 0.508 e. The molecule has 0 heterocycles. The zero-order chi connectivity index (χ0) is 10.7. The van der Waals surface area contributed by atoms with Gasteiger partial charge in [-0.3, -0.25) is 0 Å². The highest BCUT2D eigenvalue weighted by Gasteiger charge is 2.13. The Kier molecular flexibility index (Phi) is 3.36. The van der Waals surface area contributed by atoms with E-state index in [9.17, 15) is 9.90 Å². The first-order valence-corrected chi connectivity index (χ1v) is 4.60. The van der Waals surface area contributed by atoms with Gasteiger partial charge in [0.25, 0.3) is 0 Å². The van der Waals surface area contributed by atoms with Crippen LogP contribution in [-0.2, 0) is 4.74 Å². The van der Waals surface area contributed by atoms with Crippen LogP contribution in [0.15, 0.2) is 12.1 Å². The predicted molar refractivity (Wildman–Crippen MR) is 53.8 cm³/mol. The van der Waals surface area contributed by atoms with Crippen LogP contribution in [-0.4, -0.2) is 17.7 Å². The fraction of sp³-hybridized carbons (Fsp3) is 0.300. The standard InChI is InChI=1S/C10H11ClO3/c1-3-14-10(13)8-4-7(11)5-9(12)6(8)2/h4-5,12H,3H2,1-2H3. The maximum atomic E-state index is 11.4. The molecule has 3 nitrogen and oxygen atoms in total. The van der Waals surface area contributed by atoms with Crippen molar-refractivity contribution >= 4 is 17.6 Å². The molecule has 14 heavy (non-hydrogen) atoms.